The number of aliphatic imine (C=N–C) groups is 1. The van der Waals surface area contributed by atoms with E-state index in [4.69, 9.17) is 0 Å². The number of rotatable bonds is 4. The quantitative estimate of drug-likeness (QED) is 0.348. The van der Waals surface area contributed by atoms with E-state index in [0.29, 0.717) is 12.5 Å². The van der Waals surface area contributed by atoms with Crippen LogP contribution in [0.15, 0.2) is 41.7 Å². The van der Waals surface area contributed by atoms with Gasteiger partial charge in [0.05, 0.1) is 11.8 Å². The van der Waals surface area contributed by atoms with Crippen molar-refractivity contribution in [1.29, 1.82) is 0 Å². The molecule has 1 N–H and O–H groups in total. The maximum absolute atomic E-state index is 13.2. The summed E-state index contributed by atoms with van der Waals surface area (Å²) in [5.41, 5.74) is 1.16. The zero-order valence-electron chi connectivity index (χ0n) is 17.8. The van der Waals surface area contributed by atoms with Gasteiger partial charge < -0.3 is 10.2 Å². The molecule has 5 nitrogen and oxygen atoms in total. The number of nitrogens with one attached hydrogen (secondary N) is 1. The molecule has 0 amide bonds. The monoisotopic (exact) mass is 547 g/mol. The SMILES string of the molecule is CN=C(NCC1(c2cccc(C(F)(F)F)c2)CCC1)N1CCC(c2cnn(C)c2)C1.I. The summed E-state index contributed by atoms with van der Waals surface area (Å²) in [4.78, 5) is 6.68. The normalized spacial score (nSPS) is 20.9. The van der Waals surface area contributed by atoms with Crippen LogP contribution in [0.2, 0.25) is 0 Å². The standard InChI is InChI=1S/C22H28F3N5.HI/c1-26-20(30-10-7-16(14-30)17-12-28-29(2)13-17)27-15-21(8-4-9-21)18-5-3-6-19(11-18)22(23,24)25;/h3,5-6,11-13,16H,4,7-10,14-15H2,1-2H3,(H,26,27);1H. The average Bonchev–Trinajstić information content (AvgIpc) is 3.32. The van der Waals surface area contributed by atoms with E-state index in [1.54, 1.807) is 7.05 Å². The molecule has 2 heterocycles. The zero-order valence-corrected chi connectivity index (χ0v) is 20.2. The Morgan fingerprint density at radius 1 is 1.32 bits per heavy atom. The van der Waals surface area contributed by atoms with Crippen LogP contribution in [-0.4, -0.2) is 47.3 Å². The molecule has 0 bridgehead atoms. The second kappa shape index (κ2) is 9.38. The van der Waals surface area contributed by atoms with Crippen molar-refractivity contribution in [2.45, 2.75) is 43.2 Å². The molecule has 1 unspecified atom stereocenters. The summed E-state index contributed by atoms with van der Waals surface area (Å²) in [7, 11) is 3.68. The molecular formula is C22H29F3IN5. The van der Waals surface area contributed by atoms with Crippen LogP contribution in [0, 0.1) is 0 Å². The van der Waals surface area contributed by atoms with Gasteiger partial charge in [-0.3, -0.25) is 9.67 Å². The van der Waals surface area contributed by atoms with Crippen LogP contribution in [0.4, 0.5) is 13.2 Å². The summed E-state index contributed by atoms with van der Waals surface area (Å²) < 4.78 is 41.4. The number of hydrogen-bond donors (Lipinski definition) is 1. The van der Waals surface area contributed by atoms with Crippen molar-refractivity contribution in [3.63, 3.8) is 0 Å². The first kappa shape index (κ1) is 23.9. The Kier molecular flexibility index (Phi) is 7.22. The molecule has 1 aliphatic carbocycles. The van der Waals surface area contributed by atoms with Crippen LogP contribution >= 0.6 is 24.0 Å². The Hall–Kier alpha value is -1.78. The maximum Gasteiger partial charge on any atom is 0.416 e. The van der Waals surface area contributed by atoms with Gasteiger partial charge in [-0.25, -0.2) is 0 Å². The van der Waals surface area contributed by atoms with Gasteiger partial charge in [0.1, 0.15) is 0 Å². The molecular weight excluding hydrogens is 518 g/mol. The highest BCUT2D eigenvalue weighted by atomic mass is 127. The Bertz CT molecular complexity index is 920. The number of halogens is 4. The van der Waals surface area contributed by atoms with Crippen molar-refractivity contribution in [1.82, 2.24) is 20.0 Å². The second-order valence-electron chi connectivity index (χ2n) is 8.49. The van der Waals surface area contributed by atoms with E-state index in [2.05, 4.69) is 26.5 Å². The Labute approximate surface area is 198 Å². The predicted octanol–water partition coefficient (Wildman–Crippen LogP) is 4.54. The summed E-state index contributed by atoms with van der Waals surface area (Å²) >= 11 is 0. The van der Waals surface area contributed by atoms with Gasteiger partial charge in [-0.05, 0) is 36.5 Å². The fourth-order valence-corrected chi connectivity index (χ4v) is 4.65. The lowest BCUT2D eigenvalue weighted by Crippen LogP contribution is -2.49. The molecule has 1 atom stereocenters. The average molecular weight is 547 g/mol. The van der Waals surface area contributed by atoms with Gasteiger partial charge >= 0.3 is 6.18 Å². The van der Waals surface area contributed by atoms with Crippen molar-refractivity contribution < 1.29 is 13.2 Å². The fourth-order valence-electron chi connectivity index (χ4n) is 4.65. The molecule has 170 valence electrons. The lowest BCUT2D eigenvalue weighted by atomic mass is 9.64. The number of aromatic nitrogens is 2. The van der Waals surface area contributed by atoms with Crippen molar-refractivity contribution >= 4 is 29.9 Å². The number of nitrogens with zero attached hydrogens (tertiary/aromatic N) is 4. The molecule has 31 heavy (non-hydrogen) atoms. The highest BCUT2D eigenvalue weighted by molar-refractivity contribution is 14.0. The summed E-state index contributed by atoms with van der Waals surface area (Å²) in [5.74, 6) is 1.23. The van der Waals surface area contributed by atoms with E-state index in [9.17, 15) is 13.2 Å². The lowest BCUT2D eigenvalue weighted by Gasteiger charge is -2.43. The van der Waals surface area contributed by atoms with E-state index < -0.39 is 11.7 Å². The van der Waals surface area contributed by atoms with Crippen LogP contribution in [-0.2, 0) is 18.6 Å². The minimum absolute atomic E-state index is 0. The number of hydrogen-bond acceptors (Lipinski definition) is 2. The summed E-state index contributed by atoms with van der Waals surface area (Å²) in [6, 6.07) is 5.81. The number of guanidine groups is 1. The minimum atomic E-state index is -4.32. The van der Waals surface area contributed by atoms with Gasteiger partial charge in [0.15, 0.2) is 5.96 Å². The summed E-state index contributed by atoms with van der Waals surface area (Å²) in [5, 5.41) is 7.73. The van der Waals surface area contributed by atoms with Gasteiger partial charge in [-0.15, -0.1) is 24.0 Å². The smallest absolute Gasteiger partial charge is 0.355 e. The topological polar surface area (TPSA) is 45.5 Å². The molecule has 1 aromatic heterocycles. The fraction of sp³-hybridized carbons (Fsp3) is 0.545. The van der Waals surface area contributed by atoms with Crippen molar-refractivity contribution in [2.24, 2.45) is 12.0 Å². The van der Waals surface area contributed by atoms with Crippen LogP contribution in [0.25, 0.3) is 0 Å². The largest absolute Gasteiger partial charge is 0.416 e. The predicted molar refractivity (Wildman–Crippen MR) is 126 cm³/mol. The van der Waals surface area contributed by atoms with Crippen LogP contribution in [0.5, 0.6) is 0 Å². The second-order valence-corrected chi connectivity index (χ2v) is 8.49. The van der Waals surface area contributed by atoms with Gasteiger partial charge in [0, 0.05) is 51.3 Å². The maximum atomic E-state index is 13.2. The van der Waals surface area contributed by atoms with E-state index in [0.717, 1.165) is 56.4 Å². The highest BCUT2D eigenvalue weighted by Gasteiger charge is 2.41. The summed E-state index contributed by atoms with van der Waals surface area (Å²) in [6.07, 6.45) is 3.49. The number of alkyl halides is 3. The van der Waals surface area contributed by atoms with Gasteiger partial charge in [0.25, 0.3) is 0 Å². The third-order valence-corrected chi connectivity index (χ3v) is 6.59. The molecule has 0 spiro atoms. The van der Waals surface area contributed by atoms with E-state index in [1.165, 1.54) is 17.7 Å². The Morgan fingerprint density at radius 2 is 2.10 bits per heavy atom. The third kappa shape index (κ3) is 5.01. The lowest BCUT2D eigenvalue weighted by molar-refractivity contribution is -0.137. The first-order valence-electron chi connectivity index (χ1n) is 10.4. The molecule has 1 aliphatic heterocycles. The van der Waals surface area contributed by atoms with Crippen LogP contribution in [0.3, 0.4) is 0 Å². The number of aryl methyl sites for hydroxylation is 1. The Balaban J connectivity index is 0.00000272. The van der Waals surface area contributed by atoms with Gasteiger partial charge in [0.2, 0.25) is 0 Å². The first-order valence-corrected chi connectivity index (χ1v) is 10.4. The molecule has 1 saturated heterocycles. The molecule has 9 heteroatoms. The van der Waals surface area contributed by atoms with Gasteiger partial charge in [-0.2, -0.15) is 18.3 Å². The molecule has 0 radical (unpaired) electrons. The summed E-state index contributed by atoms with van der Waals surface area (Å²) in [6.45, 7) is 2.35. The number of benzene rings is 1. The van der Waals surface area contributed by atoms with E-state index >= 15 is 0 Å². The molecule has 2 aromatic rings. The molecule has 2 aliphatic rings. The third-order valence-electron chi connectivity index (χ3n) is 6.59. The highest BCUT2D eigenvalue weighted by Crippen LogP contribution is 2.44. The first-order chi connectivity index (χ1) is 14.3. The molecule has 1 aromatic carbocycles. The molecule has 1 saturated carbocycles. The van der Waals surface area contributed by atoms with Crippen molar-refractivity contribution in [2.75, 3.05) is 26.7 Å². The minimum Gasteiger partial charge on any atom is -0.355 e. The molecule has 2 fully saturated rings. The number of likely N-dealkylation sites (tertiary alicyclic amines) is 1. The zero-order chi connectivity index (χ0) is 21.4. The van der Waals surface area contributed by atoms with E-state index in [1.807, 2.05) is 24.0 Å². The van der Waals surface area contributed by atoms with Gasteiger partial charge in [-0.1, -0.05) is 24.6 Å². The van der Waals surface area contributed by atoms with Crippen molar-refractivity contribution in [3.05, 3.63) is 53.3 Å². The van der Waals surface area contributed by atoms with Crippen molar-refractivity contribution in [3.8, 4) is 0 Å². The van der Waals surface area contributed by atoms with E-state index in [-0.39, 0.29) is 29.4 Å². The Morgan fingerprint density at radius 3 is 2.68 bits per heavy atom. The van der Waals surface area contributed by atoms with Crippen LogP contribution < -0.4 is 5.32 Å². The molecule has 4 rings (SSSR count). The van der Waals surface area contributed by atoms with Crippen LogP contribution in [0.1, 0.15) is 48.3 Å².